The SMILES string of the molecule is CC(C)(C)c1c(C#N)nnn1CCCO. The van der Waals surface area contributed by atoms with Crippen molar-refractivity contribution in [3.63, 3.8) is 0 Å². The summed E-state index contributed by atoms with van der Waals surface area (Å²) < 4.78 is 1.70. The second-order valence-electron chi connectivity index (χ2n) is 4.45. The number of hydrogen-bond donors (Lipinski definition) is 1. The van der Waals surface area contributed by atoms with Crippen LogP contribution in [0.3, 0.4) is 0 Å². The van der Waals surface area contributed by atoms with E-state index in [9.17, 15) is 0 Å². The molecular formula is C10H16N4O. The van der Waals surface area contributed by atoms with E-state index in [-0.39, 0.29) is 12.0 Å². The van der Waals surface area contributed by atoms with Gasteiger partial charge < -0.3 is 5.11 Å². The molecule has 5 nitrogen and oxygen atoms in total. The van der Waals surface area contributed by atoms with Crippen LogP contribution in [0.4, 0.5) is 0 Å². The smallest absolute Gasteiger partial charge is 0.186 e. The van der Waals surface area contributed by atoms with Crippen molar-refractivity contribution in [2.45, 2.75) is 39.2 Å². The molecule has 0 unspecified atom stereocenters. The molecule has 0 aliphatic rings. The van der Waals surface area contributed by atoms with Gasteiger partial charge in [-0.05, 0) is 6.42 Å². The lowest BCUT2D eigenvalue weighted by Gasteiger charge is -2.19. The van der Waals surface area contributed by atoms with Crippen LogP contribution in [0.15, 0.2) is 0 Å². The lowest BCUT2D eigenvalue weighted by Crippen LogP contribution is -2.20. The average Bonchev–Trinajstić information content (AvgIpc) is 2.56. The molecule has 1 rings (SSSR count). The van der Waals surface area contributed by atoms with Gasteiger partial charge in [-0.15, -0.1) is 5.10 Å². The van der Waals surface area contributed by atoms with Crippen molar-refractivity contribution < 1.29 is 5.11 Å². The predicted octanol–water partition coefficient (Wildman–Crippen LogP) is 0.830. The number of nitriles is 1. The van der Waals surface area contributed by atoms with E-state index in [1.807, 2.05) is 26.8 Å². The van der Waals surface area contributed by atoms with E-state index in [1.54, 1.807) is 4.68 Å². The molecule has 0 aliphatic carbocycles. The Morgan fingerprint density at radius 2 is 2.13 bits per heavy atom. The summed E-state index contributed by atoms with van der Waals surface area (Å²) in [5.74, 6) is 0. The highest BCUT2D eigenvalue weighted by Gasteiger charge is 2.24. The Morgan fingerprint density at radius 3 is 2.60 bits per heavy atom. The van der Waals surface area contributed by atoms with Crippen LogP contribution >= 0.6 is 0 Å². The Labute approximate surface area is 89.3 Å². The number of rotatable bonds is 3. The molecule has 5 heteroatoms. The zero-order valence-corrected chi connectivity index (χ0v) is 9.36. The van der Waals surface area contributed by atoms with Crippen LogP contribution in [0, 0.1) is 11.3 Å². The largest absolute Gasteiger partial charge is 0.396 e. The van der Waals surface area contributed by atoms with Crippen molar-refractivity contribution in [1.29, 1.82) is 5.26 Å². The van der Waals surface area contributed by atoms with Crippen LogP contribution in [-0.2, 0) is 12.0 Å². The van der Waals surface area contributed by atoms with E-state index in [2.05, 4.69) is 10.3 Å². The van der Waals surface area contributed by atoms with Gasteiger partial charge in [0.1, 0.15) is 6.07 Å². The van der Waals surface area contributed by atoms with Crippen molar-refractivity contribution in [2.24, 2.45) is 0 Å². The normalized spacial score (nSPS) is 11.4. The number of aliphatic hydroxyl groups is 1. The van der Waals surface area contributed by atoms with E-state index in [0.29, 0.717) is 18.7 Å². The lowest BCUT2D eigenvalue weighted by molar-refractivity contribution is 0.273. The zero-order valence-electron chi connectivity index (χ0n) is 9.36. The first-order valence-electron chi connectivity index (χ1n) is 4.95. The van der Waals surface area contributed by atoms with Gasteiger partial charge in [-0.1, -0.05) is 26.0 Å². The maximum absolute atomic E-state index is 8.91. The molecular weight excluding hydrogens is 192 g/mol. The molecule has 1 aromatic rings. The second kappa shape index (κ2) is 4.41. The molecule has 0 fully saturated rings. The standard InChI is InChI=1S/C10H16N4O/c1-10(2,3)9-8(7-11)12-13-14(9)5-4-6-15/h15H,4-6H2,1-3H3. The molecule has 0 radical (unpaired) electrons. The monoisotopic (exact) mass is 208 g/mol. The average molecular weight is 208 g/mol. The number of aromatic nitrogens is 3. The first-order valence-corrected chi connectivity index (χ1v) is 4.95. The van der Waals surface area contributed by atoms with Crippen molar-refractivity contribution in [3.05, 3.63) is 11.4 Å². The Hall–Kier alpha value is -1.41. The fourth-order valence-corrected chi connectivity index (χ4v) is 1.51. The van der Waals surface area contributed by atoms with Crippen LogP contribution in [0.1, 0.15) is 38.6 Å². The molecule has 0 spiro atoms. The van der Waals surface area contributed by atoms with Crippen molar-refractivity contribution in [3.8, 4) is 6.07 Å². The van der Waals surface area contributed by atoms with Crippen LogP contribution in [-0.4, -0.2) is 26.7 Å². The van der Waals surface area contributed by atoms with Gasteiger partial charge in [-0.25, -0.2) is 4.68 Å². The first kappa shape index (κ1) is 11.7. The summed E-state index contributed by atoms with van der Waals surface area (Å²) in [7, 11) is 0. The number of nitrogens with zero attached hydrogens (tertiary/aromatic N) is 4. The van der Waals surface area contributed by atoms with E-state index in [0.717, 1.165) is 5.69 Å². The lowest BCUT2D eigenvalue weighted by atomic mass is 9.90. The minimum atomic E-state index is -0.163. The fraction of sp³-hybridized carbons (Fsp3) is 0.700. The molecule has 1 N–H and O–H groups in total. The summed E-state index contributed by atoms with van der Waals surface area (Å²) in [6, 6.07) is 2.04. The Kier molecular flexibility index (Phi) is 3.43. The summed E-state index contributed by atoms with van der Waals surface area (Å²) in [5.41, 5.74) is 1.04. The van der Waals surface area contributed by atoms with Crippen LogP contribution in [0.2, 0.25) is 0 Å². The van der Waals surface area contributed by atoms with Gasteiger partial charge in [-0.3, -0.25) is 0 Å². The van der Waals surface area contributed by atoms with E-state index < -0.39 is 0 Å². The van der Waals surface area contributed by atoms with Crippen LogP contribution < -0.4 is 0 Å². The molecule has 0 amide bonds. The topological polar surface area (TPSA) is 74.7 Å². The van der Waals surface area contributed by atoms with Gasteiger partial charge in [0.15, 0.2) is 5.69 Å². The highest BCUT2D eigenvalue weighted by atomic mass is 16.3. The van der Waals surface area contributed by atoms with Gasteiger partial charge in [0.25, 0.3) is 0 Å². The second-order valence-corrected chi connectivity index (χ2v) is 4.45. The maximum atomic E-state index is 8.91. The molecule has 0 saturated carbocycles. The molecule has 0 saturated heterocycles. The third kappa shape index (κ3) is 2.54. The molecule has 82 valence electrons. The zero-order chi connectivity index (χ0) is 11.5. The summed E-state index contributed by atoms with van der Waals surface area (Å²) in [6.45, 7) is 6.76. The summed E-state index contributed by atoms with van der Waals surface area (Å²) in [6.07, 6.45) is 0.622. The van der Waals surface area contributed by atoms with Crippen molar-refractivity contribution in [2.75, 3.05) is 6.61 Å². The minimum absolute atomic E-state index is 0.116. The molecule has 0 bridgehead atoms. The first-order chi connectivity index (χ1) is 7.00. The van der Waals surface area contributed by atoms with Crippen molar-refractivity contribution >= 4 is 0 Å². The molecule has 1 aromatic heterocycles. The number of aliphatic hydroxyl groups excluding tert-OH is 1. The Bertz CT molecular complexity index is 370. The van der Waals surface area contributed by atoms with Gasteiger partial charge in [0.2, 0.25) is 0 Å². The third-order valence-electron chi connectivity index (χ3n) is 2.08. The summed E-state index contributed by atoms with van der Waals surface area (Å²) in [4.78, 5) is 0. The number of hydrogen-bond acceptors (Lipinski definition) is 4. The van der Waals surface area contributed by atoms with Gasteiger partial charge in [-0.2, -0.15) is 5.26 Å². The highest BCUT2D eigenvalue weighted by Crippen LogP contribution is 2.24. The molecule has 0 aromatic carbocycles. The Morgan fingerprint density at radius 1 is 1.47 bits per heavy atom. The third-order valence-corrected chi connectivity index (χ3v) is 2.08. The minimum Gasteiger partial charge on any atom is -0.396 e. The van der Waals surface area contributed by atoms with Crippen LogP contribution in [0.5, 0.6) is 0 Å². The Balaban J connectivity index is 3.08. The maximum Gasteiger partial charge on any atom is 0.186 e. The fourth-order valence-electron chi connectivity index (χ4n) is 1.51. The molecule has 15 heavy (non-hydrogen) atoms. The van der Waals surface area contributed by atoms with Gasteiger partial charge in [0.05, 0.1) is 5.69 Å². The van der Waals surface area contributed by atoms with E-state index >= 15 is 0 Å². The van der Waals surface area contributed by atoms with Crippen LogP contribution in [0.25, 0.3) is 0 Å². The predicted molar refractivity (Wildman–Crippen MR) is 55.1 cm³/mol. The molecule has 0 aliphatic heterocycles. The van der Waals surface area contributed by atoms with E-state index in [4.69, 9.17) is 10.4 Å². The quantitative estimate of drug-likeness (QED) is 0.798. The summed E-state index contributed by atoms with van der Waals surface area (Å²) >= 11 is 0. The molecule has 0 atom stereocenters. The molecule has 1 heterocycles. The van der Waals surface area contributed by atoms with E-state index in [1.165, 1.54) is 0 Å². The summed E-state index contributed by atoms with van der Waals surface area (Å²) in [5, 5.41) is 25.4. The van der Waals surface area contributed by atoms with Gasteiger partial charge >= 0.3 is 0 Å². The van der Waals surface area contributed by atoms with Crippen molar-refractivity contribution in [1.82, 2.24) is 15.0 Å². The number of aryl methyl sites for hydroxylation is 1. The van der Waals surface area contributed by atoms with Gasteiger partial charge in [0, 0.05) is 18.6 Å². The highest BCUT2D eigenvalue weighted by molar-refractivity contribution is 5.29.